The molecule has 0 spiro atoms. The van der Waals surface area contributed by atoms with Gasteiger partial charge in [-0.15, -0.1) is 0 Å². The zero-order valence-electron chi connectivity index (χ0n) is 17.7. The molecule has 1 atom stereocenters. The van der Waals surface area contributed by atoms with Crippen molar-refractivity contribution < 1.29 is 9.59 Å². The van der Waals surface area contributed by atoms with E-state index >= 15 is 0 Å². The number of carbonyl (C=O) groups excluding carboxylic acids is 2. The molecule has 3 aromatic rings. The smallest absolute Gasteiger partial charge is 0.319 e. The minimum Gasteiger partial charge on any atom is -0.319 e. The minimum atomic E-state index is -1.11. The number of urea groups is 1. The van der Waals surface area contributed by atoms with E-state index in [-0.39, 0.29) is 18.6 Å². The molecule has 0 aromatic heterocycles. The van der Waals surface area contributed by atoms with E-state index in [9.17, 15) is 9.59 Å². The molecule has 1 fully saturated rings. The summed E-state index contributed by atoms with van der Waals surface area (Å²) in [7, 11) is 0. The Hall–Kier alpha value is -3.44. The first-order valence-electron chi connectivity index (χ1n) is 10.6. The Morgan fingerprint density at radius 3 is 1.94 bits per heavy atom. The molecule has 3 aromatic carbocycles. The Morgan fingerprint density at radius 2 is 1.35 bits per heavy atom. The third-order valence-corrected chi connectivity index (χ3v) is 5.79. The second-order valence-electron chi connectivity index (χ2n) is 7.87. The van der Waals surface area contributed by atoms with Crippen LogP contribution in [0.1, 0.15) is 23.6 Å². The number of nitrogens with one attached hydrogen (secondary N) is 1. The van der Waals surface area contributed by atoms with Crippen molar-refractivity contribution in [2.24, 2.45) is 0 Å². The first kappa shape index (κ1) is 20.8. The molecular formula is C26H27N3O2. The van der Waals surface area contributed by atoms with Gasteiger partial charge in [0.2, 0.25) is 0 Å². The van der Waals surface area contributed by atoms with Crippen LogP contribution in [0, 0.1) is 0 Å². The van der Waals surface area contributed by atoms with Gasteiger partial charge in [-0.1, -0.05) is 97.9 Å². The Bertz CT molecular complexity index is 1020. The van der Waals surface area contributed by atoms with Crippen LogP contribution in [-0.4, -0.2) is 35.0 Å². The molecule has 1 aliphatic heterocycles. The van der Waals surface area contributed by atoms with E-state index in [2.05, 4.69) is 22.3 Å². The van der Waals surface area contributed by atoms with Gasteiger partial charge in [-0.05, 0) is 23.2 Å². The van der Waals surface area contributed by atoms with Crippen molar-refractivity contribution in [1.29, 1.82) is 0 Å². The minimum absolute atomic E-state index is 0.209. The van der Waals surface area contributed by atoms with Crippen LogP contribution >= 0.6 is 0 Å². The van der Waals surface area contributed by atoms with Crippen LogP contribution < -0.4 is 5.32 Å². The van der Waals surface area contributed by atoms with Crippen LogP contribution in [0.25, 0.3) is 0 Å². The molecule has 158 valence electrons. The van der Waals surface area contributed by atoms with Crippen molar-refractivity contribution >= 4 is 11.9 Å². The molecule has 1 aliphatic rings. The number of amides is 3. The number of hydrogen-bond acceptors (Lipinski definition) is 3. The largest absolute Gasteiger partial charge is 0.326 e. The lowest BCUT2D eigenvalue weighted by Gasteiger charge is -2.29. The van der Waals surface area contributed by atoms with Gasteiger partial charge in [0.05, 0.1) is 6.67 Å². The third-order valence-electron chi connectivity index (χ3n) is 5.79. The second-order valence-corrected chi connectivity index (χ2v) is 7.87. The molecule has 1 N–H and O–H groups in total. The number of rotatable bonds is 8. The predicted molar refractivity (Wildman–Crippen MR) is 121 cm³/mol. The van der Waals surface area contributed by atoms with Crippen LogP contribution in [0.15, 0.2) is 91.0 Å². The summed E-state index contributed by atoms with van der Waals surface area (Å²) in [6.45, 7) is 3.68. The molecule has 5 nitrogen and oxygen atoms in total. The van der Waals surface area contributed by atoms with Crippen LogP contribution in [0.5, 0.6) is 0 Å². The summed E-state index contributed by atoms with van der Waals surface area (Å²) in [5, 5.41) is 3.04. The fourth-order valence-corrected chi connectivity index (χ4v) is 4.10. The fraction of sp³-hybridized carbons (Fsp3) is 0.231. The van der Waals surface area contributed by atoms with Crippen LogP contribution in [-0.2, 0) is 23.3 Å². The van der Waals surface area contributed by atoms with Crippen molar-refractivity contribution in [3.8, 4) is 0 Å². The lowest BCUT2D eigenvalue weighted by atomic mass is 9.83. The Balaban J connectivity index is 1.62. The Kier molecular flexibility index (Phi) is 6.14. The van der Waals surface area contributed by atoms with E-state index in [1.807, 2.05) is 85.8 Å². The van der Waals surface area contributed by atoms with Gasteiger partial charge in [0.1, 0.15) is 0 Å². The number of benzene rings is 3. The standard InChI is InChI=1S/C26H27N3O2/c1-2-28(19-22-14-8-4-9-15-22)20-29-24(30)26(27-25(29)31,23-16-10-5-11-17-23)18-21-12-6-3-7-13-21/h3-17H,2,18-20H2,1H3,(H,27,31)/t26-/m0/s1. The highest BCUT2D eigenvalue weighted by atomic mass is 16.2. The summed E-state index contributed by atoms with van der Waals surface area (Å²) < 4.78 is 0. The van der Waals surface area contributed by atoms with Crippen LogP contribution in [0.3, 0.4) is 0 Å². The first-order valence-corrected chi connectivity index (χ1v) is 10.6. The highest BCUT2D eigenvalue weighted by Crippen LogP contribution is 2.33. The quantitative estimate of drug-likeness (QED) is 0.565. The van der Waals surface area contributed by atoms with Gasteiger partial charge < -0.3 is 5.32 Å². The van der Waals surface area contributed by atoms with E-state index in [0.29, 0.717) is 13.0 Å². The number of hydrogen-bond donors (Lipinski definition) is 1. The maximum atomic E-state index is 13.8. The average Bonchev–Trinajstić information content (AvgIpc) is 3.05. The molecule has 0 radical (unpaired) electrons. The van der Waals surface area contributed by atoms with Gasteiger partial charge in [0, 0.05) is 13.0 Å². The highest BCUT2D eigenvalue weighted by Gasteiger charge is 2.52. The molecule has 31 heavy (non-hydrogen) atoms. The van der Waals surface area contributed by atoms with Crippen molar-refractivity contribution in [2.45, 2.75) is 25.4 Å². The summed E-state index contributed by atoms with van der Waals surface area (Å²) in [6, 6.07) is 29.1. The Labute approximate surface area is 183 Å². The van der Waals surface area contributed by atoms with E-state index in [0.717, 1.165) is 23.2 Å². The molecular weight excluding hydrogens is 386 g/mol. The number of imide groups is 1. The fourth-order valence-electron chi connectivity index (χ4n) is 4.10. The Morgan fingerprint density at radius 1 is 0.806 bits per heavy atom. The highest BCUT2D eigenvalue weighted by molar-refractivity contribution is 6.07. The summed E-state index contributed by atoms with van der Waals surface area (Å²) in [4.78, 5) is 30.2. The molecule has 0 saturated carbocycles. The molecule has 0 unspecified atom stereocenters. The summed E-state index contributed by atoms with van der Waals surface area (Å²) >= 11 is 0. The maximum Gasteiger partial charge on any atom is 0.326 e. The van der Waals surface area contributed by atoms with Crippen LogP contribution in [0.2, 0.25) is 0 Å². The SMILES string of the molecule is CCN(Cc1ccccc1)CN1C(=O)N[C@@](Cc2ccccc2)(c2ccccc2)C1=O. The van der Waals surface area contributed by atoms with E-state index in [1.165, 1.54) is 4.90 Å². The predicted octanol–water partition coefficient (Wildman–Crippen LogP) is 4.16. The summed E-state index contributed by atoms with van der Waals surface area (Å²) in [5.74, 6) is -0.209. The van der Waals surface area contributed by atoms with Gasteiger partial charge in [0.25, 0.3) is 5.91 Å². The van der Waals surface area contributed by atoms with Crippen molar-refractivity contribution in [2.75, 3.05) is 13.2 Å². The van der Waals surface area contributed by atoms with E-state index in [4.69, 9.17) is 0 Å². The van der Waals surface area contributed by atoms with E-state index in [1.54, 1.807) is 0 Å². The first-order chi connectivity index (χ1) is 15.1. The van der Waals surface area contributed by atoms with Crippen molar-refractivity contribution in [3.05, 3.63) is 108 Å². The van der Waals surface area contributed by atoms with Gasteiger partial charge in [-0.25, -0.2) is 9.69 Å². The van der Waals surface area contributed by atoms with Crippen LogP contribution in [0.4, 0.5) is 4.79 Å². The van der Waals surface area contributed by atoms with Crippen molar-refractivity contribution in [1.82, 2.24) is 15.1 Å². The van der Waals surface area contributed by atoms with E-state index < -0.39 is 5.54 Å². The lowest BCUT2D eigenvalue weighted by Crippen LogP contribution is -2.47. The van der Waals surface area contributed by atoms with Gasteiger partial charge in [-0.3, -0.25) is 9.69 Å². The molecule has 0 bridgehead atoms. The molecule has 5 heteroatoms. The average molecular weight is 414 g/mol. The monoisotopic (exact) mass is 413 g/mol. The molecule has 3 amide bonds. The molecule has 1 saturated heterocycles. The third kappa shape index (κ3) is 4.37. The van der Waals surface area contributed by atoms with Gasteiger partial charge in [0.15, 0.2) is 5.54 Å². The lowest BCUT2D eigenvalue weighted by molar-refractivity contribution is -0.133. The molecule has 1 heterocycles. The zero-order chi connectivity index (χ0) is 21.7. The van der Waals surface area contributed by atoms with Crippen molar-refractivity contribution in [3.63, 3.8) is 0 Å². The number of nitrogens with zero attached hydrogens (tertiary/aromatic N) is 2. The summed E-state index contributed by atoms with van der Waals surface area (Å²) in [6.07, 6.45) is 0.406. The molecule has 4 rings (SSSR count). The number of carbonyl (C=O) groups is 2. The molecule has 0 aliphatic carbocycles. The normalized spacial score (nSPS) is 18.5. The van der Waals surface area contributed by atoms with Gasteiger partial charge >= 0.3 is 6.03 Å². The topological polar surface area (TPSA) is 52.6 Å². The van der Waals surface area contributed by atoms with Gasteiger partial charge in [-0.2, -0.15) is 0 Å². The zero-order valence-corrected chi connectivity index (χ0v) is 17.7. The second kappa shape index (κ2) is 9.14. The summed E-state index contributed by atoms with van der Waals surface area (Å²) in [5.41, 5.74) is 1.84. The maximum absolute atomic E-state index is 13.8.